The number of hydrogen-bond donors (Lipinski definition) is 1. The molecule has 2 amide bonds. The largest absolute Gasteiger partial charge is 0.467 e. The number of hydrogen-bond acceptors (Lipinski definition) is 7. The molecule has 3 fully saturated rings. The maximum atomic E-state index is 13.9. The van der Waals surface area contributed by atoms with E-state index in [1.54, 1.807) is 35.2 Å². The van der Waals surface area contributed by atoms with E-state index in [0.717, 1.165) is 0 Å². The summed E-state index contributed by atoms with van der Waals surface area (Å²) in [6, 6.07) is 7.69. The second-order valence-corrected chi connectivity index (χ2v) is 9.54. The van der Waals surface area contributed by atoms with E-state index in [1.807, 2.05) is 19.1 Å². The molecule has 34 heavy (non-hydrogen) atoms. The zero-order valence-electron chi connectivity index (χ0n) is 18.3. The van der Waals surface area contributed by atoms with Gasteiger partial charge in [0.25, 0.3) is 0 Å². The van der Waals surface area contributed by atoms with Crippen LogP contribution >= 0.6 is 0 Å². The molecule has 5 aliphatic rings. The maximum Gasteiger partial charge on any atom is 0.231 e. The first-order valence-corrected chi connectivity index (χ1v) is 11.4. The third kappa shape index (κ3) is 2.45. The summed E-state index contributed by atoms with van der Waals surface area (Å²) < 4.78 is 22.7. The Hall–Kier alpha value is -3.59. The standard InChI is InChI=1S/C25H22N2O7/c1-12-15(28)10-14(16-3-2-8-31-16)27-22(12)25-7-6-18(34-25)20(21(25)24(27)30)23(29)26-13-4-5-17-19(9-13)33-11-32-17/h2-9,12,14,18,20-22H,10-11H2,1H3,(H,26,29)/t12-,14-,18-,20+,21-,22-,25-/m0/s1. The lowest BCUT2D eigenvalue weighted by molar-refractivity contribution is -0.147. The van der Waals surface area contributed by atoms with E-state index >= 15 is 0 Å². The smallest absolute Gasteiger partial charge is 0.231 e. The number of carbonyl (C=O) groups is 3. The number of ether oxygens (including phenoxy) is 3. The summed E-state index contributed by atoms with van der Waals surface area (Å²) >= 11 is 0. The lowest BCUT2D eigenvalue weighted by Crippen LogP contribution is -2.55. The molecule has 0 aliphatic carbocycles. The summed E-state index contributed by atoms with van der Waals surface area (Å²) in [7, 11) is 0. The Labute approximate surface area is 194 Å². The number of fused-ring (bicyclic) bond motifs is 3. The first kappa shape index (κ1) is 19.8. The van der Waals surface area contributed by atoms with Gasteiger partial charge in [-0.15, -0.1) is 0 Å². The second kappa shape index (κ2) is 6.73. The number of anilines is 1. The van der Waals surface area contributed by atoms with Gasteiger partial charge in [-0.25, -0.2) is 0 Å². The summed E-state index contributed by atoms with van der Waals surface area (Å²) in [5.41, 5.74) is -0.464. The van der Waals surface area contributed by atoms with Gasteiger partial charge in [0.15, 0.2) is 11.5 Å². The highest BCUT2D eigenvalue weighted by Gasteiger charge is 2.74. The molecule has 9 heteroatoms. The van der Waals surface area contributed by atoms with Crippen molar-refractivity contribution in [2.24, 2.45) is 17.8 Å². The van der Waals surface area contributed by atoms with E-state index in [0.29, 0.717) is 22.9 Å². The first-order chi connectivity index (χ1) is 16.5. The molecule has 7 rings (SSSR count). The Kier molecular flexibility index (Phi) is 3.92. The van der Waals surface area contributed by atoms with Gasteiger partial charge in [-0.1, -0.05) is 19.1 Å². The van der Waals surface area contributed by atoms with E-state index in [-0.39, 0.29) is 30.8 Å². The number of rotatable bonds is 3. The average molecular weight is 462 g/mol. The van der Waals surface area contributed by atoms with E-state index in [2.05, 4.69) is 5.32 Å². The van der Waals surface area contributed by atoms with Crippen LogP contribution in [0.15, 0.2) is 53.2 Å². The summed E-state index contributed by atoms with van der Waals surface area (Å²) in [6.07, 6.45) is 4.93. The number of carbonyl (C=O) groups excluding carboxylic acids is 3. The molecule has 6 heterocycles. The number of Topliss-reactive ketones (excluding diaryl/α,β-unsaturated/α-hetero) is 1. The molecular weight excluding hydrogens is 440 g/mol. The Morgan fingerprint density at radius 1 is 1.18 bits per heavy atom. The molecule has 174 valence electrons. The molecule has 2 aromatic rings. The van der Waals surface area contributed by atoms with E-state index < -0.39 is 41.5 Å². The Morgan fingerprint density at radius 2 is 2.03 bits per heavy atom. The highest BCUT2D eigenvalue weighted by molar-refractivity contribution is 6.01. The van der Waals surface area contributed by atoms with Crippen LogP contribution in [0.1, 0.15) is 25.1 Å². The fourth-order valence-electron chi connectivity index (χ4n) is 6.46. The van der Waals surface area contributed by atoms with Crippen molar-refractivity contribution in [3.63, 3.8) is 0 Å². The van der Waals surface area contributed by atoms with Crippen molar-refractivity contribution < 1.29 is 33.0 Å². The van der Waals surface area contributed by atoms with Gasteiger partial charge < -0.3 is 28.8 Å². The number of benzene rings is 1. The van der Waals surface area contributed by atoms with Crippen molar-refractivity contribution in [2.45, 2.75) is 37.1 Å². The van der Waals surface area contributed by atoms with Crippen molar-refractivity contribution in [3.8, 4) is 11.5 Å². The molecule has 2 bridgehead atoms. The minimum atomic E-state index is -1.01. The van der Waals surface area contributed by atoms with Gasteiger partial charge >= 0.3 is 0 Å². The van der Waals surface area contributed by atoms with Gasteiger partial charge in [-0.3, -0.25) is 14.4 Å². The average Bonchev–Trinajstić information content (AvgIpc) is 3.64. The van der Waals surface area contributed by atoms with Gasteiger partial charge in [0.05, 0.1) is 36.3 Å². The highest BCUT2D eigenvalue weighted by atomic mass is 16.7. The molecular formula is C25H22N2O7. The van der Waals surface area contributed by atoms with Crippen molar-refractivity contribution in [3.05, 3.63) is 54.5 Å². The van der Waals surface area contributed by atoms with Crippen molar-refractivity contribution in [2.75, 3.05) is 12.1 Å². The normalized spacial score (nSPS) is 36.7. The van der Waals surface area contributed by atoms with Crippen LogP contribution in [-0.4, -0.2) is 47.0 Å². The van der Waals surface area contributed by atoms with Crippen LogP contribution in [0.3, 0.4) is 0 Å². The lowest BCUT2D eigenvalue weighted by Gasteiger charge is -2.43. The van der Waals surface area contributed by atoms with Gasteiger partial charge in [0.1, 0.15) is 17.1 Å². The zero-order valence-corrected chi connectivity index (χ0v) is 18.3. The van der Waals surface area contributed by atoms with E-state index in [9.17, 15) is 14.4 Å². The molecule has 0 unspecified atom stereocenters. The van der Waals surface area contributed by atoms with Crippen LogP contribution in [0.4, 0.5) is 5.69 Å². The molecule has 1 aromatic heterocycles. The number of nitrogens with zero attached hydrogens (tertiary/aromatic N) is 1. The van der Waals surface area contributed by atoms with Crippen molar-refractivity contribution in [1.82, 2.24) is 4.90 Å². The molecule has 1 spiro atoms. The SMILES string of the molecule is C[C@H]1C(=O)C[C@@H](c2ccco2)N2C(=O)[C@@H]3[C@H](C(=O)Nc4ccc5c(c4)OCO5)[C@@H]4C=C[C@@]3(O4)[C@H]12. The van der Waals surface area contributed by atoms with Crippen LogP contribution in [-0.2, 0) is 19.1 Å². The van der Waals surface area contributed by atoms with Crippen LogP contribution in [0.25, 0.3) is 0 Å². The summed E-state index contributed by atoms with van der Waals surface area (Å²) in [5.74, 6) is -0.534. The zero-order chi connectivity index (χ0) is 23.2. The molecule has 5 aliphatic heterocycles. The molecule has 0 radical (unpaired) electrons. The van der Waals surface area contributed by atoms with Gasteiger partial charge in [-0.05, 0) is 24.3 Å². The number of nitrogens with one attached hydrogen (secondary N) is 1. The molecule has 0 saturated carbocycles. The Bertz CT molecular complexity index is 1250. The van der Waals surface area contributed by atoms with Crippen LogP contribution in [0.5, 0.6) is 11.5 Å². The predicted molar refractivity (Wildman–Crippen MR) is 116 cm³/mol. The minimum Gasteiger partial charge on any atom is -0.467 e. The third-order valence-corrected chi connectivity index (χ3v) is 7.89. The lowest BCUT2D eigenvalue weighted by atomic mass is 9.70. The Balaban J connectivity index is 1.24. The van der Waals surface area contributed by atoms with E-state index in [4.69, 9.17) is 18.6 Å². The summed E-state index contributed by atoms with van der Waals surface area (Å²) in [5, 5.41) is 2.92. The van der Waals surface area contributed by atoms with Crippen LogP contribution < -0.4 is 14.8 Å². The monoisotopic (exact) mass is 462 g/mol. The molecule has 9 nitrogen and oxygen atoms in total. The number of piperidine rings is 1. The van der Waals surface area contributed by atoms with Crippen LogP contribution in [0.2, 0.25) is 0 Å². The fraction of sp³-hybridized carbons (Fsp3) is 0.400. The molecule has 3 saturated heterocycles. The second-order valence-electron chi connectivity index (χ2n) is 9.54. The highest BCUT2D eigenvalue weighted by Crippen LogP contribution is 2.60. The molecule has 1 aromatic carbocycles. The van der Waals surface area contributed by atoms with Gasteiger partial charge in [0.2, 0.25) is 18.6 Å². The van der Waals surface area contributed by atoms with Gasteiger partial charge in [-0.2, -0.15) is 0 Å². The molecule has 7 atom stereocenters. The molecule has 1 N–H and O–H groups in total. The maximum absolute atomic E-state index is 13.9. The van der Waals surface area contributed by atoms with Crippen molar-refractivity contribution in [1.29, 1.82) is 0 Å². The number of ketones is 1. The van der Waals surface area contributed by atoms with Gasteiger partial charge in [0, 0.05) is 24.1 Å². The van der Waals surface area contributed by atoms with Crippen LogP contribution in [0, 0.1) is 17.8 Å². The summed E-state index contributed by atoms with van der Waals surface area (Å²) in [6.45, 7) is 1.98. The van der Waals surface area contributed by atoms with Crippen molar-refractivity contribution >= 4 is 23.3 Å². The fourth-order valence-corrected chi connectivity index (χ4v) is 6.46. The number of furan rings is 1. The topological polar surface area (TPSA) is 107 Å². The summed E-state index contributed by atoms with van der Waals surface area (Å²) in [4.78, 5) is 42.2. The predicted octanol–water partition coefficient (Wildman–Crippen LogP) is 2.45. The quantitative estimate of drug-likeness (QED) is 0.698. The Morgan fingerprint density at radius 3 is 2.85 bits per heavy atom. The first-order valence-electron chi connectivity index (χ1n) is 11.4. The minimum absolute atomic E-state index is 0.0548. The van der Waals surface area contributed by atoms with E-state index in [1.165, 1.54) is 6.26 Å². The third-order valence-electron chi connectivity index (χ3n) is 7.89. The number of amides is 2.